The molecule has 0 amide bonds. The van der Waals surface area contributed by atoms with Crippen molar-refractivity contribution < 1.29 is 58.3 Å². The minimum Gasteiger partial charge on any atom is -0.457 e. The van der Waals surface area contributed by atoms with Crippen LogP contribution >= 0.6 is 7.82 Å². The average molecular weight is 901 g/mol. The number of carbonyl (C=O) groups is 1. The minimum absolute atomic E-state index is 0.0798. The highest BCUT2D eigenvalue weighted by Crippen LogP contribution is 2.47. The summed E-state index contributed by atoms with van der Waals surface area (Å²) in [6, 6.07) is 0. The number of rotatable bonds is 41. The summed E-state index contributed by atoms with van der Waals surface area (Å²) in [6.07, 6.45) is 36.1. The maximum atomic E-state index is 12.8. The average Bonchev–Trinajstić information content (AvgIpc) is 3.26. The van der Waals surface area contributed by atoms with Gasteiger partial charge >= 0.3 is 13.8 Å². The van der Waals surface area contributed by atoms with Crippen LogP contribution < -0.4 is 0 Å². The smallest absolute Gasteiger partial charge is 0.457 e. The van der Waals surface area contributed by atoms with E-state index >= 15 is 0 Å². The molecule has 12 nitrogen and oxygen atoms in total. The molecule has 1 aliphatic rings. The van der Waals surface area contributed by atoms with Crippen LogP contribution in [-0.2, 0) is 27.9 Å². The van der Waals surface area contributed by atoms with Crippen LogP contribution in [0, 0.1) is 0 Å². The van der Waals surface area contributed by atoms with E-state index in [2.05, 4.69) is 62.5 Å². The first-order chi connectivity index (χ1) is 30.0. The van der Waals surface area contributed by atoms with Gasteiger partial charge in [-0.05, 0) is 51.4 Å². The molecule has 0 aromatic heterocycles. The van der Waals surface area contributed by atoms with Gasteiger partial charge in [-0.3, -0.25) is 13.8 Å². The van der Waals surface area contributed by atoms with Crippen LogP contribution in [0.5, 0.6) is 0 Å². The number of phosphoric ester groups is 1. The predicted octanol–water partition coefficient (Wildman–Crippen LogP) is 10.4. The van der Waals surface area contributed by atoms with E-state index in [0.29, 0.717) is 13.0 Å². The summed E-state index contributed by atoms with van der Waals surface area (Å²) in [5.74, 6) is -0.480. The molecule has 13 heteroatoms. The monoisotopic (exact) mass is 901 g/mol. The molecule has 6 atom stereocenters. The number of ether oxygens (including phenoxy) is 2. The second-order valence-corrected chi connectivity index (χ2v) is 18.3. The number of phosphoric acid groups is 1. The van der Waals surface area contributed by atoms with Crippen molar-refractivity contribution >= 4 is 13.8 Å². The van der Waals surface area contributed by atoms with E-state index in [0.717, 1.165) is 77.0 Å². The lowest BCUT2D eigenvalue weighted by atomic mass is 9.85. The van der Waals surface area contributed by atoms with Crippen molar-refractivity contribution in [2.45, 2.75) is 236 Å². The maximum absolute atomic E-state index is 12.8. The largest absolute Gasteiger partial charge is 0.472 e. The lowest BCUT2D eigenvalue weighted by Gasteiger charge is -2.41. The second kappa shape index (κ2) is 39.6. The van der Waals surface area contributed by atoms with Crippen molar-refractivity contribution in [1.82, 2.24) is 0 Å². The molecule has 0 heterocycles. The summed E-state index contributed by atoms with van der Waals surface area (Å²) < 4.78 is 34.2. The molecule has 1 rings (SSSR count). The second-order valence-electron chi connectivity index (χ2n) is 16.9. The summed E-state index contributed by atoms with van der Waals surface area (Å²) in [5.41, 5.74) is 0. The number of hydrogen-bond donors (Lipinski definition) is 6. The highest BCUT2D eigenvalue weighted by Gasteiger charge is 2.51. The van der Waals surface area contributed by atoms with Gasteiger partial charge < -0.3 is 39.9 Å². The standard InChI is InChI=1S/C49H89O12P/c1-3-5-7-9-11-13-15-17-18-19-20-21-22-23-24-25-27-29-31-33-35-37-39-58-40-42(41-59-62(56,57)61-49-47(54)45(52)44(51)46(53)48(49)55)60-43(50)38-36-34-32-30-28-26-16-14-12-10-8-6-4-2/h5,7,11,13,17-18,20-21,42,44-49,51-55H,3-4,6,8-10,12,14-16,19,22-41H2,1-2H3,(H,56,57)/b7-5-,13-11-,18-17-,21-20-. The topological polar surface area (TPSA) is 192 Å². The fourth-order valence-electron chi connectivity index (χ4n) is 7.35. The van der Waals surface area contributed by atoms with Crippen molar-refractivity contribution in [2.75, 3.05) is 19.8 Å². The molecular formula is C49H89O12P. The zero-order valence-corrected chi connectivity index (χ0v) is 39.6. The molecule has 1 aliphatic carbocycles. The fraction of sp³-hybridized carbons (Fsp3) is 0.816. The van der Waals surface area contributed by atoms with Crippen molar-refractivity contribution in [3.8, 4) is 0 Å². The first-order valence-corrected chi connectivity index (χ1v) is 26.0. The molecule has 0 spiro atoms. The van der Waals surface area contributed by atoms with Crippen molar-refractivity contribution in [2.24, 2.45) is 0 Å². The van der Waals surface area contributed by atoms with E-state index in [4.69, 9.17) is 18.5 Å². The highest BCUT2D eigenvalue weighted by atomic mass is 31.2. The van der Waals surface area contributed by atoms with Gasteiger partial charge in [0.25, 0.3) is 0 Å². The van der Waals surface area contributed by atoms with Crippen LogP contribution in [0.15, 0.2) is 48.6 Å². The molecule has 0 bridgehead atoms. The Morgan fingerprint density at radius 2 is 0.952 bits per heavy atom. The van der Waals surface area contributed by atoms with Gasteiger partial charge in [-0.15, -0.1) is 0 Å². The molecule has 362 valence electrons. The predicted molar refractivity (Wildman–Crippen MR) is 249 cm³/mol. The van der Waals surface area contributed by atoms with Crippen LogP contribution in [0.3, 0.4) is 0 Å². The Bertz CT molecular complexity index is 1210. The number of unbranched alkanes of at least 4 members (excludes halogenated alkanes) is 21. The van der Waals surface area contributed by atoms with Crippen molar-refractivity contribution in [3.05, 3.63) is 48.6 Å². The molecule has 0 aromatic carbocycles. The molecule has 1 saturated carbocycles. The molecule has 0 radical (unpaired) electrons. The third-order valence-electron chi connectivity index (χ3n) is 11.2. The lowest BCUT2D eigenvalue weighted by Crippen LogP contribution is -2.64. The van der Waals surface area contributed by atoms with Crippen molar-refractivity contribution in [3.63, 3.8) is 0 Å². The van der Waals surface area contributed by atoms with Crippen molar-refractivity contribution in [1.29, 1.82) is 0 Å². The highest BCUT2D eigenvalue weighted by molar-refractivity contribution is 7.47. The van der Waals surface area contributed by atoms with Gasteiger partial charge in [0.05, 0.1) is 13.2 Å². The molecule has 0 aromatic rings. The van der Waals surface area contributed by atoms with E-state index in [1.54, 1.807) is 0 Å². The van der Waals surface area contributed by atoms with Crippen LogP contribution in [0.25, 0.3) is 0 Å². The molecule has 6 unspecified atom stereocenters. The number of carbonyl (C=O) groups excluding carboxylic acids is 1. The van der Waals surface area contributed by atoms with Gasteiger partial charge in [0.2, 0.25) is 0 Å². The zero-order valence-electron chi connectivity index (χ0n) is 38.7. The Labute approximate surface area is 375 Å². The minimum atomic E-state index is -5.02. The molecular weight excluding hydrogens is 812 g/mol. The summed E-state index contributed by atoms with van der Waals surface area (Å²) in [4.78, 5) is 23.2. The van der Waals surface area contributed by atoms with Gasteiger partial charge in [-0.1, -0.05) is 184 Å². The SMILES string of the molecule is CC/C=C\C/C=C\C/C=C\C/C=C\CCCCCCCCCCCOCC(COP(=O)(O)OC1C(O)C(O)C(O)C(O)C1O)OC(=O)CCCCCCCCCCCCCCC. The molecule has 0 aliphatic heterocycles. The summed E-state index contributed by atoms with van der Waals surface area (Å²) in [7, 11) is -5.02. The normalized spacial score (nSPS) is 22.4. The number of esters is 1. The van der Waals surface area contributed by atoms with Gasteiger partial charge in [0, 0.05) is 13.0 Å². The van der Waals surface area contributed by atoms with Crippen LogP contribution in [0.4, 0.5) is 0 Å². The third-order valence-corrected chi connectivity index (χ3v) is 12.2. The quantitative estimate of drug-likeness (QED) is 0.0147. The molecule has 1 fully saturated rings. The number of allylic oxidation sites excluding steroid dienone is 8. The van der Waals surface area contributed by atoms with Gasteiger partial charge in [0.1, 0.15) is 42.7 Å². The Morgan fingerprint density at radius 3 is 1.45 bits per heavy atom. The van der Waals surface area contributed by atoms with E-state index < -0.39 is 63.1 Å². The molecule has 62 heavy (non-hydrogen) atoms. The van der Waals surface area contributed by atoms with Crippen LogP contribution in [-0.4, -0.2) is 98.9 Å². The number of hydrogen-bond acceptors (Lipinski definition) is 11. The summed E-state index contributed by atoms with van der Waals surface area (Å²) >= 11 is 0. The first-order valence-electron chi connectivity index (χ1n) is 24.5. The Hall–Kier alpha value is -1.70. The zero-order chi connectivity index (χ0) is 45.5. The van der Waals surface area contributed by atoms with Crippen LogP contribution in [0.2, 0.25) is 0 Å². The Balaban J connectivity index is 2.34. The Morgan fingerprint density at radius 1 is 0.532 bits per heavy atom. The third kappa shape index (κ3) is 31.2. The maximum Gasteiger partial charge on any atom is 0.472 e. The summed E-state index contributed by atoms with van der Waals surface area (Å²) in [6.45, 7) is 4.14. The van der Waals surface area contributed by atoms with E-state index in [9.17, 15) is 39.8 Å². The molecule has 0 saturated heterocycles. The number of aliphatic hydroxyl groups is 5. The fourth-order valence-corrected chi connectivity index (χ4v) is 8.32. The summed E-state index contributed by atoms with van der Waals surface area (Å²) in [5, 5.41) is 50.2. The van der Waals surface area contributed by atoms with E-state index in [1.165, 1.54) is 89.9 Å². The lowest BCUT2D eigenvalue weighted by molar-refractivity contribution is -0.220. The van der Waals surface area contributed by atoms with E-state index in [1.807, 2.05) is 0 Å². The van der Waals surface area contributed by atoms with Crippen LogP contribution in [0.1, 0.15) is 194 Å². The van der Waals surface area contributed by atoms with Gasteiger partial charge in [-0.25, -0.2) is 4.57 Å². The van der Waals surface area contributed by atoms with Gasteiger partial charge in [-0.2, -0.15) is 0 Å². The number of aliphatic hydroxyl groups excluding tert-OH is 5. The Kier molecular flexibility index (Phi) is 37.3. The molecule has 6 N–H and O–H groups in total. The van der Waals surface area contributed by atoms with E-state index in [-0.39, 0.29) is 13.0 Å². The van der Waals surface area contributed by atoms with Gasteiger partial charge in [0.15, 0.2) is 0 Å². The first kappa shape index (κ1) is 58.3.